The molecule has 3 nitrogen and oxygen atoms in total. The molecule has 2 heterocycles. The Kier molecular flexibility index (Phi) is 4.29. The molecule has 37 heavy (non-hydrogen) atoms. The number of nitrogens with one attached hydrogen (secondary N) is 1. The number of nitrogens with zero attached hydrogens (tertiary/aromatic N) is 2. The lowest BCUT2D eigenvalue weighted by Crippen LogP contribution is -2.24. The third kappa shape index (κ3) is 3.04. The molecule has 0 saturated carbocycles. The highest BCUT2D eigenvalue weighted by Gasteiger charge is 2.31. The maximum atomic E-state index is 4.68. The van der Waals surface area contributed by atoms with Gasteiger partial charge in [0.2, 0.25) is 0 Å². The van der Waals surface area contributed by atoms with Gasteiger partial charge in [-0.1, -0.05) is 84.9 Å². The number of benzene rings is 6. The van der Waals surface area contributed by atoms with E-state index in [1.807, 2.05) is 18.3 Å². The zero-order valence-electron chi connectivity index (χ0n) is 20.1. The molecule has 1 unspecified atom stereocenters. The van der Waals surface area contributed by atoms with Crippen LogP contribution in [-0.4, -0.2) is 4.98 Å². The third-order valence-corrected chi connectivity index (χ3v) is 7.65. The van der Waals surface area contributed by atoms with Crippen molar-refractivity contribution in [2.75, 3.05) is 10.2 Å². The number of para-hydroxylation sites is 2. The molecule has 3 heteroatoms. The highest BCUT2D eigenvalue weighted by atomic mass is 15.3. The minimum atomic E-state index is -0.0739. The predicted octanol–water partition coefficient (Wildman–Crippen LogP) is 8.91. The second-order valence-corrected chi connectivity index (χ2v) is 9.71. The smallest absolute Gasteiger partial charge is 0.147 e. The number of hydrogen-bond acceptors (Lipinski definition) is 3. The molecule has 1 atom stereocenters. The van der Waals surface area contributed by atoms with E-state index in [0.717, 1.165) is 22.8 Å². The average molecular weight is 474 g/mol. The van der Waals surface area contributed by atoms with Crippen LogP contribution >= 0.6 is 0 Å². The van der Waals surface area contributed by atoms with Crippen molar-refractivity contribution in [1.29, 1.82) is 0 Å². The van der Waals surface area contributed by atoms with Gasteiger partial charge in [0.1, 0.15) is 6.17 Å². The van der Waals surface area contributed by atoms with Gasteiger partial charge in [-0.2, -0.15) is 0 Å². The summed E-state index contributed by atoms with van der Waals surface area (Å²) in [4.78, 5) is 7.04. The number of anilines is 3. The van der Waals surface area contributed by atoms with Gasteiger partial charge >= 0.3 is 0 Å². The lowest BCUT2D eigenvalue weighted by Gasteiger charge is -2.27. The Morgan fingerprint density at radius 1 is 0.622 bits per heavy atom. The molecule has 0 radical (unpaired) electrons. The van der Waals surface area contributed by atoms with Gasteiger partial charge < -0.3 is 10.2 Å². The SMILES string of the molecule is c1ccc(C2Nc3ccccc3N2c2cccc(-c3ccc4ccc5cccc6ccc3c4c56)c2)nc1. The molecular formula is C34H23N3. The van der Waals surface area contributed by atoms with Crippen molar-refractivity contribution >= 4 is 49.4 Å². The van der Waals surface area contributed by atoms with Crippen LogP contribution in [0.5, 0.6) is 0 Å². The summed E-state index contributed by atoms with van der Waals surface area (Å²) >= 11 is 0. The van der Waals surface area contributed by atoms with Gasteiger partial charge in [0, 0.05) is 11.9 Å². The van der Waals surface area contributed by atoms with Crippen LogP contribution < -0.4 is 10.2 Å². The van der Waals surface area contributed by atoms with E-state index in [9.17, 15) is 0 Å². The average Bonchev–Trinajstić information content (AvgIpc) is 3.36. The quantitative estimate of drug-likeness (QED) is 0.260. The number of hydrogen-bond donors (Lipinski definition) is 1. The summed E-state index contributed by atoms with van der Waals surface area (Å²) in [7, 11) is 0. The van der Waals surface area contributed by atoms with Crippen molar-refractivity contribution in [3.8, 4) is 11.1 Å². The highest BCUT2D eigenvalue weighted by Crippen LogP contribution is 2.46. The lowest BCUT2D eigenvalue weighted by atomic mass is 9.90. The van der Waals surface area contributed by atoms with E-state index in [1.165, 1.54) is 43.4 Å². The Hall–Kier alpha value is -4.89. The van der Waals surface area contributed by atoms with Crippen molar-refractivity contribution in [3.63, 3.8) is 0 Å². The summed E-state index contributed by atoms with van der Waals surface area (Å²) in [5.74, 6) is 0. The van der Waals surface area contributed by atoms with E-state index in [2.05, 4.69) is 124 Å². The Bertz CT molecular complexity index is 1910. The normalized spacial score (nSPS) is 14.9. The first-order valence-corrected chi connectivity index (χ1v) is 12.7. The molecular weight excluding hydrogens is 450 g/mol. The van der Waals surface area contributed by atoms with Crippen molar-refractivity contribution in [1.82, 2.24) is 4.98 Å². The molecule has 1 N–H and O–H groups in total. The number of pyridine rings is 1. The molecule has 0 bridgehead atoms. The molecule has 0 aliphatic carbocycles. The summed E-state index contributed by atoms with van der Waals surface area (Å²) in [6.07, 6.45) is 1.79. The summed E-state index contributed by atoms with van der Waals surface area (Å²) in [6, 6.07) is 43.6. The first-order chi connectivity index (χ1) is 18.3. The third-order valence-electron chi connectivity index (χ3n) is 7.65. The maximum Gasteiger partial charge on any atom is 0.147 e. The number of aromatic nitrogens is 1. The zero-order valence-corrected chi connectivity index (χ0v) is 20.1. The van der Waals surface area contributed by atoms with Crippen LogP contribution in [0.4, 0.5) is 17.1 Å². The molecule has 174 valence electrons. The molecule has 6 aromatic carbocycles. The largest absolute Gasteiger partial charge is 0.358 e. The van der Waals surface area contributed by atoms with Crippen LogP contribution in [0.25, 0.3) is 43.4 Å². The summed E-state index contributed by atoms with van der Waals surface area (Å²) in [6.45, 7) is 0. The lowest BCUT2D eigenvalue weighted by molar-refractivity contribution is 0.793. The minimum Gasteiger partial charge on any atom is -0.358 e. The van der Waals surface area contributed by atoms with E-state index < -0.39 is 0 Å². The highest BCUT2D eigenvalue weighted by molar-refractivity contribution is 6.25. The van der Waals surface area contributed by atoms with Gasteiger partial charge in [0.25, 0.3) is 0 Å². The standard InChI is InChI=1S/C34H23N3/c1-2-13-31-29(11-1)36-34(30-12-3-4-20-35-30)37(31)26-10-6-9-25(21-26)27-18-16-24-15-14-22-7-5-8-23-17-19-28(27)33(24)32(22)23/h1-21,34,36H. The van der Waals surface area contributed by atoms with Gasteiger partial charge in [-0.3, -0.25) is 4.98 Å². The van der Waals surface area contributed by atoms with Crippen molar-refractivity contribution in [2.24, 2.45) is 0 Å². The van der Waals surface area contributed by atoms with Crippen LogP contribution in [0, 0.1) is 0 Å². The molecule has 0 fully saturated rings. The van der Waals surface area contributed by atoms with Crippen LogP contribution in [0.15, 0.2) is 128 Å². The van der Waals surface area contributed by atoms with Crippen LogP contribution in [-0.2, 0) is 0 Å². The van der Waals surface area contributed by atoms with Crippen molar-refractivity contribution < 1.29 is 0 Å². The Balaban J connectivity index is 1.32. The molecule has 0 saturated heterocycles. The van der Waals surface area contributed by atoms with Crippen molar-refractivity contribution in [3.05, 3.63) is 133 Å². The Morgan fingerprint density at radius 2 is 1.38 bits per heavy atom. The molecule has 1 aromatic heterocycles. The summed E-state index contributed by atoms with van der Waals surface area (Å²) in [5.41, 5.74) is 6.86. The van der Waals surface area contributed by atoms with E-state index in [4.69, 9.17) is 0 Å². The molecule has 0 spiro atoms. The fraction of sp³-hybridized carbons (Fsp3) is 0.0294. The number of rotatable bonds is 3. The monoisotopic (exact) mass is 473 g/mol. The zero-order chi connectivity index (χ0) is 24.3. The van der Waals surface area contributed by atoms with Gasteiger partial charge in [0.05, 0.1) is 17.1 Å². The Morgan fingerprint density at radius 3 is 2.24 bits per heavy atom. The molecule has 7 aromatic rings. The van der Waals surface area contributed by atoms with Crippen molar-refractivity contribution in [2.45, 2.75) is 6.17 Å². The van der Waals surface area contributed by atoms with E-state index in [0.29, 0.717) is 0 Å². The Labute approximate surface area is 215 Å². The molecule has 8 rings (SSSR count). The summed E-state index contributed by atoms with van der Waals surface area (Å²) in [5, 5.41) is 11.5. The van der Waals surface area contributed by atoms with E-state index in [1.54, 1.807) is 0 Å². The fourth-order valence-corrected chi connectivity index (χ4v) is 6.00. The topological polar surface area (TPSA) is 28.2 Å². The first kappa shape index (κ1) is 20.3. The van der Waals surface area contributed by atoms with E-state index >= 15 is 0 Å². The van der Waals surface area contributed by atoms with Gasteiger partial charge in [0.15, 0.2) is 0 Å². The predicted molar refractivity (Wildman–Crippen MR) is 155 cm³/mol. The number of fused-ring (bicyclic) bond motifs is 1. The first-order valence-electron chi connectivity index (χ1n) is 12.7. The molecule has 1 aliphatic rings. The fourth-order valence-electron chi connectivity index (χ4n) is 6.00. The molecule has 1 aliphatic heterocycles. The van der Waals surface area contributed by atoms with Crippen LogP contribution in [0.1, 0.15) is 11.9 Å². The minimum absolute atomic E-state index is 0.0739. The van der Waals surface area contributed by atoms with E-state index in [-0.39, 0.29) is 6.17 Å². The second-order valence-electron chi connectivity index (χ2n) is 9.71. The van der Waals surface area contributed by atoms with Gasteiger partial charge in [-0.05, 0) is 79.8 Å². The summed E-state index contributed by atoms with van der Waals surface area (Å²) < 4.78 is 0. The molecule has 0 amide bonds. The second kappa shape index (κ2) is 7.81. The van der Waals surface area contributed by atoms with Crippen LogP contribution in [0.3, 0.4) is 0 Å². The van der Waals surface area contributed by atoms with Gasteiger partial charge in [-0.15, -0.1) is 0 Å². The van der Waals surface area contributed by atoms with Gasteiger partial charge in [-0.25, -0.2) is 0 Å². The van der Waals surface area contributed by atoms with Crippen LogP contribution in [0.2, 0.25) is 0 Å². The maximum absolute atomic E-state index is 4.68.